The Kier molecular flexibility index (Phi) is 4.72. The van der Waals surface area contributed by atoms with Gasteiger partial charge in [-0.1, -0.05) is 17.7 Å². The van der Waals surface area contributed by atoms with Gasteiger partial charge in [0, 0.05) is 17.6 Å². The lowest BCUT2D eigenvalue weighted by Crippen LogP contribution is -2.21. The fraction of sp³-hybridized carbons (Fsp3) is 0.167. The number of methoxy groups -OCH3 is 1. The van der Waals surface area contributed by atoms with Gasteiger partial charge in [-0.2, -0.15) is 0 Å². The smallest absolute Gasteiger partial charge is 0.340 e. The van der Waals surface area contributed by atoms with Crippen molar-refractivity contribution in [2.75, 3.05) is 12.4 Å². The number of hydrogen-bond acceptors (Lipinski definition) is 5. The molecule has 1 N–H and O–H groups in total. The Hall–Kier alpha value is -2.86. The Balaban J connectivity index is 1.96. The van der Waals surface area contributed by atoms with E-state index in [4.69, 9.17) is 20.8 Å². The van der Waals surface area contributed by atoms with Gasteiger partial charge >= 0.3 is 5.63 Å². The molecule has 3 rings (SSSR count). The Morgan fingerprint density at radius 1 is 1.36 bits per heavy atom. The molecule has 1 aromatic carbocycles. The highest BCUT2D eigenvalue weighted by atomic mass is 35.5. The van der Waals surface area contributed by atoms with E-state index in [-0.39, 0.29) is 17.9 Å². The summed E-state index contributed by atoms with van der Waals surface area (Å²) in [4.78, 5) is 28.5. The summed E-state index contributed by atoms with van der Waals surface area (Å²) in [5.74, 6) is 0.480. The predicted molar refractivity (Wildman–Crippen MR) is 95.4 cm³/mol. The summed E-state index contributed by atoms with van der Waals surface area (Å²) in [6.07, 6.45) is 1.45. The van der Waals surface area contributed by atoms with Gasteiger partial charge in [-0.25, -0.2) is 9.78 Å². The van der Waals surface area contributed by atoms with E-state index < -0.39 is 5.63 Å². The van der Waals surface area contributed by atoms with Crippen LogP contribution in [0.5, 0.6) is 5.75 Å². The number of amides is 1. The maximum atomic E-state index is 12.3. The molecule has 0 fully saturated rings. The van der Waals surface area contributed by atoms with Gasteiger partial charge in [0.2, 0.25) is 5.91 Å². The van der Waals surface area contributed by atoms with E-state index in [1.807, 2.05) is 0 Å². The number of pyridine rings is 1. The lowest BCUT2D eigenvalue weighted by atomic mass is 10.0. The standard InChI is InChI=1S/C18H15ClN2O4/c1-10-11-7-13(19)15(24-2)9-14(11)25-18(23)12(10)8-17(22)21-16-5-3-4-6-20-16/h3-7,9H,8H2,1-2H3,(H,20,21,22). The zero-order valence-electron chi connectivity index (χ0n) is 13.6. The molecule has 7 heteroatoms. The number of aryl methyl sites for hydroxylation is 1. The van der Waals surface area contributed by atoms with E-state index in [2.05, 4.69) is 10.3 Å². The fourth-order valence-corrected chi connectivity index (χ4v) is 2.78. The molecule has 1 amide bonds. The minimum Gasteiger partial charge on any atom is -0.495 e. The summed E-state index contributed by atoms with van der Waals surface area (Å²) in [7, 11) is 1.48. The van der Waals surface area contributed by atoms with Crippen molar-refractivity contribution >= 4 is 34.3 Å². The van der Waals surface area contributed by atoms with E-state index in [1.165, 1.54) is 7.11 Å². The quantitative estimate of drug-likeness (QED) is 0.723. The summed E-state index contributed by atoms with van der Waals surface area (Å²) in [5.41, 5.74) is 0.720. The van der Waals surface area contributed by atoms with Gasteiger partial charge in [0.15, 0.2) is 0 Å². The van der Waals surface area contributed by atoms with Gasteiger partial charge in [0.1, 0.15) is 17.2 Å². The van der Waals surface area contributed by atoms with Crippen molar-refractivity contribution in [3.8, 4) is 5.75 Å². The molecule has 0 aliphatic rings. The molecular weight excluding hydrogens is 344 g/mol. The molecule has 0 atom stereocenters. The van der Waals surface area contributed by atoms with Crippen molar-refractivity contribution in [2.45, 2.75) is 13.3 Å². The number of fused-ring (bicyclic) bond motifs is 1. The molecule has 0 aliphatic carbocycles. The van der Waals surface area contributed by atoms with Gasteiger partial charge < -0.3 is 14.5 Å². The lowest BCUT2D eigenvalue weighted by Gasteiger charge is -2.10. The average molecular weight is 359 g/mol. The second-order valence-corrected chi connectivity index (χ2v) is 5.82. The molecule has 0 radical (unpaired) electrons. The Morgan fingerprint density at radius 3 is 2.84 bits per heavy atom. The van der Waals surface area contributed by atoms with E-state index >= 15 is 0 Å². The van der Waals surface area contributed by atoms with Crippen molar-refractivity contribution in [3.63, 3.8) is 0 Å². The third-order valence-corrected chi connectivity index (χ3v) is 4.12. The van der Waals surface area contributed by atoms with Crippen LogP contribution < -0.4 is 15.7 Å². The van der Waals surface area contributed by atoms with Crippen LogP contribution in [0.25, 0.3) is 11.0 Å². The van der Waals surface area contributed by atoms with E-state index in [0.29, 0.717) is 33.1 Å². The van der Waals surface area contributed by atoms with E-state index in [1.54, 1.807) is 43.5 Å². The molecule has 128 valence electrons. The van der Waals surface area contributed by atoms with Crippen LogP contribution in [0.1, 0.15) is 11.1 Å². The van der Waals surface area contributed by atoms with Gasteiger partial charge in [0.25, 0.3) is 0 Å². The van der Waals surface area contributed by atoms with E-state index in [0.717, 1.165) is 0 Å². The lowest BCUT2D eigenvalue weighted by molar-refractivity contribution is -0.115. The molecule has 0 unspecified atom stereocenters. The van der Waals surface area contributed by atoms with Crippen LogP contribution in [0, 0.1) is 6.92 Å². The van der Waals surface area contributed by atoms with Crippen LogP contribution in [0.2, 0.25) is 5.02 Å². The van der Waals surface area contributed by atoms with Crippen LogP contribution in [-0.2, 0) is 11.2 Å². The average Bonchev–Trinajstić information content (AvgIpc) is 2.60. The second-order valence-electron chi connectivity index (χ2n) is 5.42. The molecule has 0 spiro atoms. The number of hydrogen-bond donors (Lipinski definition) is 1. The van der Waals surface area contributed by atoms with Gasteiger partial charge in [-0.3, -0.25) is 4.79 Å². The third kappa shape index (κ3) is 3.49. The van der Waals surface area contributed by atoms with Crippen LogP contribution in [-0.4, -0.2) is 18.0 Å². The van der Waals surface area contributed by atoms with Crippen LogP contribution >= 0.6 is 11.6 Å². The van der Waals surface area contributed by atoms with Crippen molar-refractivity contribution in [2.24, 2.45) is 0 Å². The van der Waals surface area contributed by atoms with Gasteiger partial charge in [0.05, 0.1) is 24.1 Å². The summed E-state index contributed by atoms with van der Waals surface area (Å²) in [6.45, 7) is 1.76. The first kappa shape index (κ1) is 17.0. The topological polar surface area (TPSA) is 81.4 Å². The molecule has 0 bridgehead atoms. The SMILES string of the molecule is COc1cc2oc(=O)c(CC(=O)Nc3ccccn3)c(C)c2cc1Cl. The molecule has 0 aliphatic heterocycles. The predicted octanol–water partition coefficient (Wildman–Crippen LogP) is 3.34. The number of nitrogens with zero attached hydrogens (tertiary/aromatic N) is 1. The Morgan fingerprint density at radius 2 is 2.16 bits per heavy atom. The summed E-state index contributed by atoms with van der Waals surface area (Å²) < 4.78 is 10.5. The fourth-order valence-electron chi connectivity index (χ4n) is 2.53. The minimum absolute atomic E-state index is 0.121. The number of benzene rings is 1. The summed E-state index contributed by atoms with van der Waals surface area (Å²) in [5, 5.41) is 3.70. The Labute approximate surface area is 148 Å². The monoisotopic (exact) mass is 358 g/mol. The molecule has 3 aromatic rings. The third-order valence-electron chi connectivity index (χ3n) is 3.83. The van der Waals surface area contributed by atoms with Crippen molar-refractivity contribution in [1.29, 1.82) is 0 Å². The number of rotatable bonds is 4. The maximum Gasteiger partial charge on any atom is 0.340 e. The number of carbonyl (C=O) groups excluding carboxylic acids is 1. The first-order chi connectivity index (χ1) is 12.0. The highest BCUT2D eigenvalue weighted by molar-refractivity contribution is 6.32. The maximum absolute atomic E-state index is 12.3. The number of aromatic nitrogens is 1. The number of nitrogens with one attached hydrogen (secondary N) is 1. The number of ether oxygens (including phenoxy) is 1. The molecule has 25 heavy (non-hydrogen) atoms. The molecule has 0 saturated heterocycles. The highest BCUT2D eigenvalue weighted by Gasteiger charge is 2.17. The second kappa shape index (κ2) is 6.94. The van der Waals surface area contributed by atoms with Crippen LogP contribution in [0.3, 0.4) is 0 Å². The number of halogens is 1. The first-order valence-corrected chi connectivity index (χ1v) is 7.88. The molecule has 2 aromatic heterocycles. The molecule has 2 heterocycles. The molecule has 6 nitrogen and oxygen atoms in total. The van der Waals surface area contributed by atoms with Gasteiger partial charge in [-0.15, -0.1) is 0 Å². The van der Waals surface area contributed by atoms with Crippen LogP contribution in [0.15, 0.2) is 45.7 Å². The Bertz CT molecular complexity index is 999. The van der Waals surface area contributed by atoms with E-state index in [9.17, 15) is 9.59 Å². The first-order valence-electron chi connectivity index (χ1n) is 7.50. The highest BCUT2D eigenvalue weighted by Crippen LogP contribution is 2.31. The van der Waals surface area contributed by atoms with Crippen molar-refractivity contribution in [1.82, 2.24) is 4.98 Å². The zero-order valence-corrected chi connectivity index (χ0v) is 14.4. The summed E-state index contributed by atoms with van der Waals surface area (Å²) >= 11 is 6.15. The number of carbonyl (C=O) groups is 1. The van der Waals surface area contributed by atoms with Crippen molar-refractivity contribution in [3.05, 3.63) is 63.1 Å². The largest absolute Gasteiger partial charge is 0.495 e. The minimum atomic E-state index is -0.564. The zero-order chi connectivity index (χ0) is 18.0. The number of anilines is 1. The summed E-state index contributed by atoms with van der Waals surface area (Å²) in [6, 6.07) is 8.39. The van der Waals surface area contributed by atoms with Gasteiger partial charge in [-0.05, 0) is 30.7 Å². The molecular formula is C18H15ClN2O4. The van der Waals surface area contributed by atoms with Crippen LogP contribution in [0.4, 0.5) is 5.82 Å². The van der Waals surface area contributed by atoms with Crippen molar-refractivity contribution < 1.29 is 13.9 Å². The normalized spacial score (nSPS) is 10.7. The molecule has 0 saturated carbocycles.